The third kappa shape index (κ3) is 10.3. The van der Waals surface area contributed by atoms with Gasteiger partial charge in [-0.1, -0.05) is 163 Å². The number of rotatable bonds is 16. The van der Waals surface area contributed by atoms with Crippen LogP contribution in [-0.4, -0.2) is 68.7 Å². The minimum absolute atomic E-state index is 0.0242. The van der Waals surface area contributed by atoms with Crippen molar-refractivity contribution in [3.05, 3.63) is 214 Å². The Morgan fingerprint density at radius 1 is 0.838 bits per heavy atom. The molecule has 8 rings (SSSR count). The smallest absolute Gasteiger partial charge is 0.356 e. The third-order valence-corrected chi connectivity index (χ3v) is 13.0. The molecule has 0 saturated carbocycles. The van der Waals surface area contributed by atoms with E-state index < -0.39 is 59.0 Å². The molecule has 1 fully saturated rings. The second kappa shape index (κ2) is 20.8. The Hall–Kier alpha value is -7.73. The van der Waals surface area contributed by atoms with Gasteiger partial charge in [-0.05, 0) is 66.3 Å². The number of aromatic nitrogens is 1. The number of hydrogen-bond donors (Lipinski definition) is 2. The molecule has 342 valence electrons. The lowest BCUT2D eigenvalue weighted by molar-refractivity contribution is -0.160. The van der Waals surface area contributed by atoms with Crippen LogP contribution >= 0.6 is 23.1 Å². The van der Waals surface area contributed by atoms with E-state index in [4.69, 9.17) is 25.7 Å². The molecule has 0 radical (unpaired) electrons. The zero-order chi connectivity index (χ0) is 47.7. The molecule has 0 bridgehead atoms. The number of terminal acetylenes is 1. The summed E-state index contributed by atoms with van der Waals surface area (Å²) >= 11 is 2.58. The van der Waals surface area contributed by atoms with Crippen molar-refractivity contribution in [3.8, 4) is 12.3 Å². The second-order valence-corrected chi connectivity index (χ2v) is 18.6. The predicted molar refractivity (Wildman–Crippen MR) is 264 cm³/mol. The summed E-state index contributed by atoms with van der Waals surface area (Å²) in [5.41, 5.74) is 2.88. The zero-order valence-corrected chi connectivity index (χ0v) is 39.0. The van der Waals surface area contributed by atoms with Crippen LogP contribution in [0.4, 0.5) is 5.13 Å². The summed E-state index contributed by atoms with van der Waals surface area (Å²) in [5.74, 6) is -0.0628. The summed E-state index contributed by atoms with van der Waals surface area (Å²) in [5, 5.41) is 12.0. The Kier molecular flexibility index (Phi) is 14.3. The summed E-state index contributed by atoms with van der Waals surface area (Å²) in [4.78, 5) is 67.6. The lowest BCUT2D eigenvalue weighted by atomic mass is 9.77. The molecule has 0 spiro atoms. The van der Waals surface area contributed by atoms with E-state index in [9.17, 15) is 19.2 Å². The Bertz CT molecular complexity index is 2760. The summed E-state index contributed by atoms with van der Waals surface area (Å²) in [6.45, 7) is 4.56. The average Bonchev–Trinajstić information content (AvgIpc) is 3.82. The van der Waals surface area contributed by atoms with Gasteiger partial charge in [0.05, 0.1) is 0 Å². The van der Waals surface area contributed by atoms with E-state index in [1.54, 1.807) is 32.2 Å². The first-order chi connectivity index (χ1) is 33.0. The number of nitrogens with zero attached hydrogens (tertiary/aromatic N) is 3. The van der Waals surface area contributed by atoms with Crippen molar-refractivity contribution in [3.63, 3.8) is 0 Å². The molecule has 5 aromatic carbocycles. The molecule has 0 unspecified atom stereocenters. The fourth-order valence-corrected chi connectivity index (χ4v) is 10.0. The first kappa shape index (κ1) is 46.8. The molecule has 14 heteroatoms. The summed E-state index contributed by atoms with van der Waals surface area (Å²) in [6.07, 6.45) is 7.86. The number of amides is 2. The van der Waals surface area contributed by atoms with Crippen molar-refractivity contribution in [1.82, 2.24) is 15.2 Å². The van der Waals surface area contributed by atoms with Gasteiger partial charge in [0.1, 0.15) is 33.9 Å². The molecule has 2 atom stereocenters. The number of thiazole rings is 1. The number of ether oxygens (including phenoxy) is 2. The van der Waals surface area contributed by atoms with Crippen LogP contribution in [0.5, 0.6) is 0 Å². The van der Waals surface area contributed by atoms with Gasteiger partial charge < -0.3 is 24.9 Å². The molecule has 6 aromatic rings. The van der Waals surface area contributed by atoms with E-state index in [1.165, 1.54) is 34.1 Å². The van der Waals surface area contributed by atoms with Gasteiger partial charge in [0.15, 0.2) is 16.9 Å². The van der Waals surface area contributed by atoms with Gasteiger partial charge in [-0.25, -0.2) is 14.6 Å². The Morgan fingerprint density at radius 2 is 1.37 bits per heavy atom. The lowest BCUT2D eigenvalue weighted by Crippen LogP contribution is -2.71. The highest BCUT2D eigenvalue weighted by molar-refractivity contribution is 8.00. The van der Waals surface area contributed by atoms with Gasteiger partial charge in [0.2, 0.25) is 6.61 Å². The van der Waals surface area contributed by atoms with Crippen molar-refractivity contribution >= 4 is 57.7 Å². The van der Waals surface area contributed by atoms with Crippen molar-refractivity contribution in [1.29, 1.82) is 0 Å². The Morgan fingerprint density at radius 3 is 1.88 bits per heavy atom. The molecule has 1 saturated heterocycles. The standard InChI is InChI=1S/C54H47N5O7S2/c1-5-6-22-38-34-67-50-45(49(62)59(50)46(38)51(63)65-47(36-23-12-7-13-24-36)37-25-14-8-15-26-37)56-48(61)44(58-64-33-43(60)66-53(2,3)4)42-35-68-52(55-42)57-54(39-27-16-9-17-28-39,40-29-18-10-19-30-40)41-31-20-11-21-32-41/h1,6-32,35,45,47,50H,33-34H2,2-4H3,(H,55,57)(H,56,61)/b22-6+,58-44-/t45-,50-/m1/s1. The molecule has 2 N–H and O–H groups in total. The van der Waals surface area contributed by atoms with Gasteiger partial charge in [0.25, 0.3) is 11.8 Å². The minimum Gasteiger partial charge on any atom is -0.457 e. The summed E-state index contributed by atoms with van der Waals surface area (Å²) in [7, 11) is 0. The number of thioether (sulfide) groups is 1. The molecule has 2 aliphatic rings. The molecular formula is C54H47N5O7S2. The molecule has 2 amide bonds. The Balaban J connectivity index is 1.09. The number of carbonyl (C=O) groups excluding carboxylic acids is 4. The van der Waals surface area contributed by atoms with Crippen molar-refractivity contribution in [2.24, 2.45) is 5.16 Å². The molecule has 68 heavy (non-hydrogen) atoms. The third-order valence-electron chi connectivity index (χ3n) is 10.9. The molecule has 3 heterocycles. The second-order valence-electron chi connectivity index (χ2n) is 16.7. The van der Waals surface area contributed by atoms with Gasteiger partial charge in [-0.3, -0.25) is 14.5 Å². The van der Waals surface area contributed by atoms with Crippen LogP contribution in [-0.2, 0) is 39.0 Å². The fraction of sp³-hybridized carbons (Fsp3) is 0.185. The predicted octanol–water partition coefficient (Wildman–Crippen LogP) is 8.79. The van der Waals surface area contributed by atoms with E-state index >= 15 is 0 Å². The molecule has 0 aliphatic carbocycles. The van der Waals surface area contributed by atoms with Crippen LogP contribution in [0.3, 0.4) is 0 Å². The van der Waals surface area contributed by atoms with Crippen molar-refractivity contribution in [2.75, 3.05) is 17.7 Å². The van der Waals surface area contributed by atoms with E-state index in [1.807, 2.05) is 152 Å². The van der Waals surface area contributed by atoms with Gasteiger partial charge in [0, 0.05) is 11.1 Å². The van der Waals surface area contributed by atoms with Crippen LogP contribution in [0.25, 0.3) is 0 Å². The van der Waals surface area contributed by atoms with Gasteiger partial charge in [-0.15, -0.1) is 29.5 Å². The largest absolute Gasteiger partial charge is 0.457 e. The number of benzene rings is 5. The van der Waals surface area contributed by atoms with Crippen LogP contribution in [0.1, 0.15) is 60.4 Å². The maximum absolute atomic E-state index is 14.5. The zero-order valence-electron chi connectivity index (χ0n) is 37.4. The quantitative estimate of drug-likeness (QED) is 0.0241. The number of esters is 2. The number of fused-ring (bicyclic) bond motifs is 1. The van der Waals surface area contributed by atoms with E-state index in [0.717, 1.165) is 27.8 Å². The molecular weight excluding hydrogens is 895 g/mol. The topological polar surface area (TPSA) is 149 Å². The highest BCUT2D eigenvalue weighted by Gasteiger charge is 2.55. The Labute approximate surface area is 403 Å². The number of nitrogens with one attached hydrogen (secondary N) is 2. The van der Waals surface area contributed by atoms with Crippen LogP contribution < -0.4 is 10.6 Å². The number of anilines is 1. The highest BCUT2D eigenvalue weighted by atomic mass is 32.2. The van der Waals surface area contributed by atoms with Crippen LogP contribution in [0.15, 0.2) is 186 Å². The fourth-order valence-electron chi connectivity index (χ4n) is 7.97. The molecule has 1 aromatic heterocycles. The minimum atomic E-state index is -1.10. The highest BCUT2D eigenvalue weighted by Crippen LogP contribution is 2.43. The maximum atomic E-state index is 14.5. The summed E-state index contributed by atoms with van der Waals surface area (Å²) in [6, 6.07) is 47.4. The lowest BCUT2D eigenvalue weighted by Gasteiger charge is -2.49. The van der Waals surface area contributed by atoms with Crippen molar-refractivity contribution < 1.29 is 33.5 Å². The monoisotopic (exact) mass is 941 g/mol. The van der Waals surface area contributed by atoms with Gasteiger partial charge in [-0.2, -0.15) is 0 Å². The SMILES string of the molecule is C#C/C=C/C1=C(C(=O)OC(c2ccccc2)c2ccccc2)N2C(=O)[C@@H](NC(=O)/C(=N\OCC(=O)OC(C)(C)C)c3csc(NC(c4ccccc4)(c4ccccc4)c4ccccc4)n3)[C@H]2SC1. The number of hydrogen-bond acceptors (Lipinski definition) is 12. The number of carbonyl (C=O) groups is 4. The maximum Gasteiger partial charge on any atom is 0.356 e. The van der Waals surface area contributed by atoms with E-state index in [0.29, 0.717) is 10.7 Å². The summed E-state index contributed by atoms with van der Waals surface area (Å²) < 4.78 is 11.6. The average molecular weight is 942 g/mol. The first-order valence-corrected chi connectivity index (χ1v) is 23.6. The number of allylic oxidation sites excluding steroid dienone is 2. The first-order valence-electron chi connectivity index (χ1n) is 21.7. The van der Waals surface area contributed by atoms with Crippen LogP contribution in [0.2, 0.25) is 0 Å². The van der Waals surface area contributed by atoms with Crippen molar-refractivity contribution in [2.45, 2.75) is 49.4 Å². The normalized spacial score (nSPS) is 16.1. The van der Waals surface area contributed by atoms with E-state index in [2.05, 4.69) is 21.7 Å². The molecule has 12 nitrogen and oxygen atoms in total. The van der Waals surface area contributed by atoms with Gasteiger partial charge >= 0.3 is 11.9 Å². The van der Waals surface area contributed by atoms with E-state index in [-0.39, 0.29) is 22.9 Å². The molecule has 2 aliphatic heterocycles. The number of β-lactam (4-membered cyclic amide) rings is 1. The van der Waals surface area contributed by atoms with Crippen LogP contribution in [0, 0.1) is 12.3 Å². The number of oxime groups is 1.